The minimum absolute atomic E-state index is 0.0518. The van der Waals surface area contributed by atoms with Crippen LogP contribution < -0.4 is 5.32 Å². The predicted molar refractivity (Wildman–Crippen MR) is 95.6 cm³/mol. The van der Waals surface area contributed by atoms with Crippen LogP contribution in [-0.2, 0) is 0 Å². The maximum atomic E-state index is 6.41. The number of hydrogen-bond acceptors (Lipinski definition) is 1. The molecule has 0 heterocycles. The van der Waals surface area contributed by atoms with Crippen molar-refractivity contribution in [1.29, 1.82) is 0 Å². The molecule has 0 aliphatic carbocycles. The summed E-state index contributed by atoms with van der Waals surface area (Å²) in [6.07, 6.45) is 0. The number of benzene rings is 2. The van der Waals surface area contributed by atoms with E-state index in [4.69, 9.17) is 23.2 Å². The molecule has 0 radical (unpaired) electrons. The molecule has 21 heavy (non-hydrogen) atoms. The van der Waals surface area contributed by atoms with E-state index in [1.54, 1.807) is 0 Å². The van der Waals surface area contributed by atoms with Crippen molar-refractivity contribution in [3.05, 3.63) is 67.1 Å². The zero-order valence-electron chi connectivity index (χ0n) is 12.3. The Morgan fingerprint density at radius 3 is 2.38 bits per heavy atom. The first-order chi connectivity index (χ1) is 9.93. The lowest BCUT2D eigenvalue weighted by Gasteiger charge is -2.23. The summed E-state index contributed by atoms with van der Waals surface area (Å²) in [6.45, 7) is 7.05. The number of rotatable bonds is 4. The van der Waals surface area contributed by atoms with E-state index >= 15 is 0 Å². The average Bonchev–Trinajstić information content (AvgIpc) is 2.43. The number of nitrogens with one attached hydrogen (secondary N) is 1. The smallest absolute Gasteiger partial charge is 0.0594 e. The third kappa shape index (κ3) is 3.81. The molecule has 4 heteroatoms. The van der Waals surface area contributed by atoms with Crippen LogP contribution in [0, 0.1) is 13.8 Å². The van der Waals surface area contributed by atoms with Gasteiger partial charge in [-0.1, -0.05) is 52.1 Å². The summed E-state index contributed by atoms with van der Waals surface area (Å²) in [6, 6.07) is 10.2. The van der Waals surface area contributed by atoms with Crippen molar-refractivity contribution in [2.75, 3.05) is 6.54 Å². The Kier molecular flexibility index (Phi) is 5.73. The fourth-order valence-electron chi connectivity index (χ4n) is 2.44. The van der Waals surface area contributed by atoms with E-state index in [0.29, 0.717) is 0 Å². The topological polar surface area (TPSA) is 12.0 Å². The van der Waals surface area contributed by atoms with Crippen LogP contribution in [0.3, 0.4) is 0 Å². The van der Waals surface area contributed by atoms with Gasteiger partial charge in [0.05, 0.1) is 6.04 Å². The zero-order chi connectivity index (χ0) is 15.6. The summed E-state index contributed by atoms with van der Waals surface area (Å²) in [5, 5.41) is 5.08. The molecular weight excluding hydrogens is 369 g/mol. The van der Waals surface area contributed by atoms with Crippen molar-refractivity contribution in [2.24, 2.45) is 0 Å². The van der Waals surface area contributed by atoms with Gasteiger partial charge < -0.3 is 5.32 Å². The second-order valence-corrected chi connectivity index (χ2v) is 6.84. The van der Waals surface area contributed by atoms with Gasteiger partial charge in [-0.25, -0.2) is 0 Å². The Morgan fingerprint density at radius 1 is 1.00 bits per heavy atom. The summed E-state index contributed by atoms with van der Waals surface area (Å²) in [5.74, 6) is 0. The molecule has 0 aliphatic rings. The normalized spacial score (nSPS) is 12.5. The third-order valence-corrected chi connectivity index (χ3v) is 4.78. The first-order valence-corrected chi connectivity index (χ1v) is 8.44. The van der Waals surface area contributed by atoms with Crippen LogP contribution in [-0.4, -0.2) is 6.54 Å². The van der Waals surface area contributed by atoms with Crippen molar-refractivity contribution < 1.29 is 0 Å². The highest BCUT2D eigenvalue weighted by molar-refractivity contribution is 9.10. The first-order valence-electron chi connectivity index (χ1n) is 6.89. The maximum Gasteiger partial charge on any atom is 0.0594 e. The zero-order valence-corrected chi connectivity index (χ0v) is 15.4. The summed E-state index contributed by atoms with van der Waals surface area (Å²) in [5.41, 5.74) is 4.51. The van der Waals surface area contributed by atoms with E-state index in [9.17, 15) is 0 Å². The Morgan fingerprint density at radius 2 is 1.71 bits per heavy atom. The summed E-state index contributed by atoms with van der Waals surface area (Å²) in [7, 11) is 0. The molecule has 1 nitrogen and oxygen atoms in total. The van der Waals surface area contributed by atoms with Crippen LogP contribution >= 0.6 is 39.1 Å². The van der Waals surface area contributed by atoms with E-state index in [1.165, 1.54) is 5.56 Å². The average molecular weight is 387 g/mol. The van der Waals surface area contributed by atoms with Crippen molar-refractivity contribution in [2.45, 2.75) is 26.8 Å². The number of halogens is 3. The molecule has 0 saturated carbocycles. The molecule has 0 amide bonds. The highest BCUT2D eigenvalue weighted by Crippen LogP contribution is 2.34. The van der Waals surface area contributed by atoms with Crippen molar-refractivity contribution >= 4 is 39.1 Å². The molecule has 0 spiro atoms. The van der Waals surface area contributed by atoms with Gasteiger partial charge in [-0.3, -0.25) is 0 Å². The van der Waals surface area contributed by atoms with Gasteiger partial charge in [0.2, 0.25) is 0 Å². The molecule has 0 saturated heterocycles. The van der Waals surface area contributed by atoms with Gasteiger partial charge >= 0.3 is 0 Å². The van der Waals surface area contributed by atoms with Gasteiger partial charge in [-0.05, 0) is 66.9 Å². The molecule has 0 aromatic heterocycles. The molecular formula is C17H18BrCl2N. The van der Waals surface area contributed by atoms with E-state index in [-0.39, 0.29) is 6.04 Å². The standard InChI is InChI=1S/C17H18BrCl2N/c1-4-21-17(14-9-12(18)5-6-15(14)19)13-7-11(3)16(20)8-10(13)2/h5-9,17,21H,4H2,1-3H3. The lowest BCUT2D eigenvalue weighted by molar-refractivity contribution is 0.627. The Hall–Kier alpha value is -0.540. The second kappa shape index (κ2) is 7.15. The minimum Gasteiger partial charge on any atom is -0.306 e. The Balaban J connectivity index is 2.58. The van der Waals surface area contributed by atoms with Gasteiger partial charge in [0, 0.05) is 14.5 Å². The molecule has 2 aromatic carbocycles. The summed E-state index contributed by atoms with van der Waals surface area (Å²) < 4.78 is 1.02. The molecule has 0 bridgehead atoms. The monoisotopic (exact) mass is 385 g/mol. The predicted octanol–water partition coefficient (Wildman–Crippen LogP) is 6.07. The van der Waals surface area contributed by atoms with Crippen LogP contribution in [0.2, 0.25) is 10.0 Å². The largest absolute Gasteiger partial charge is 0.306 e. The van der Waals surface area contributed by atoms with Gasteiger partial charge in [0.1, 0.15) is 0 Å². The number of aryl methyl sites for hydroxylation is 2. The van der Waals surface area contributed by atoms with E-state index in [2.05, 4.69) is 47.2 Å². The van der Waals surface area contributed by atoms with Crippen molar-refractivity contribution in [1.82, 2.24) is 5.32 Å². The van der Waals surface area contributed by atoms with E-state index in [1.807, 2.05) is 25.1 Å². The molecule has 112 valence electrons. The van der Waals surface area contributed by atoms with Crippen LogP contribution in [0.5, 0.6) is 0 Å². The highest BCUT2D eigenvalue weighted by Gasteiger charge is 2.19. The lowest BCUT2D eigenvalue weighted by Crippen LogP contribution is -2.23. The summed E-state index contributed by atoms with van der Waals surface area (Å²) >= 11 is 16.2. The van der Waals surface area contributed by atoms with Crippen LogP contribution in [0.25, 0.3) is 0 Å². The molecule has 2 aromatic rings. The minimum atomic E-state index is 0.0518. The van der Waals surface area contributed by atoms with Crippen molar-refractivity contribution in [3.8, 4) is 0 Å². The Bertz CT molecular complexity index is 655. The van der Waals surface area contributed by atoms with Gasteiger partial charge in [-0.2, -0.15) is 0 Å². The van der Waals surface area contributed by atoms with E-state index < -0.39 is 0 Å². The highest BCUT2D eigenvalue weighted by atomic mass is 79.9. The quantitative estimate of drug-likeness (QED) is 0.672. The first kappa shape index (κ1) is 16.8. The van der Waals surface area contributed by atoms with Gasteiger partial charge in [0.25, 0.3) is 0 Å². The van der Waals surface area contributed by atoms with Crippen LogP contribution in [0.4, 0.5) is 0 Å². The molecule has 0 aliphatic heterocycles. The third-order valence-electron chi connectivity index (χ3n) is 3.54. The summed E-state index contributed by atoms with van der Waals surface area (Å²) in [4.78, 5) is 0. The fourth-order valence-corrected chi connectivity index (χ4v) is 3.27. The SMILES string of the molecule is CCNC(c1cc(C)c(Cl)cc1C)c1cc(Br)ccc1Cl. The van der Waals surface area contributed by atoms with Gasteiger partial charge in [-0.15, -0.1) is 0 Å². The molecule has 0 fully saturated rings. The Labute approximate surface area is 144 Å². The molecule has 1 unspecified atom stereocenters. The number of hydrogen-bond donors (Lipinski definition) is 1. The maximum absolute atomic E-state index is 6.41. The lowest BCUT2D eigenvalue weighted by atomic mass is 9.93. The molecule has 1 atom stereocenters. The van der Waals surface area contributed by atoms with Crippen LogP contribution in [0.15, 0.2) is 34.8 Å². The van der Waals surface area contributed by atoms with Crippen LogP contribution in [0.1, 0.15) is 35.2 Å². The fraction of sp³-hybridized carbons (Fsp3) is 0.294. The van der Waals surface area contributed by atoms with E-state index in [0.717, 1.165) is 37.8 Å². The van der Waals surface area contributed by atoms with Gasteiger partial charge in [0.15, 0.2) is 0 Å². The molecule has 1 N–H and O–H groups in total. The van der Waals surface area contributed by atoms with Crippen molar-refractivity contribution in [3.63, 3.8) is 0 Å². The second-order valence-electron chi connectivity index (χ2n) is 5.11. The molecule has 2 rings (SSSR count).